The van der Waals surface area contributed by atoms with Crippen LogP contribution in [0.15, 0.2) is 36.4 Å². The molecule has 0 spiro atoms. The average Bonchev–Trinajstić information content (AvgIpc) is 2.29. The van der Waals surface area contributed by atoms with Crippen molar-refractivity contribution in [2.75, 3.05) is 0 Å². The van der Waals surface area contributed by atoms with Crippen molar-refractivity contribution in [2.45, 2.75) is 6.92 Å². The van der Waals surface area contributed by atoms with Crippen LogP contribution in [0.4, 0.5) is 4.39 Å². The van der Waals surface area contributed by atoms with Crippen molar-refractivity contribution in [1.29, 1.82) is 0 Å². The molecule has 0 N–H and O–H groups in total. The maximum Gasteiger partial charge on any atom is 0.150 e. The van der Waals surface area contributed by atoms with Gasteiger partial charge in [-0.2, -0.15) is 0 Å². The molecule has 0 saturated heterocycles. The highest BCUT2D eigenvalue weighted by molar-refractivity contribution is 6.33. The summed E-state index contributed by atoms with van der Waals surface area (Å²) in [6.07, 6.45) is 0.772. The van der Waals surface area contributed by atoms with Crippen LogP contribution in [-0.2, 0) is 0 Å². The van der Waals surface area contributed by atoms with Crippen molar-refractivity contribution in [1.82, 2.24) is 0 Å². The van der Waals surface area contributed by atoms with Crippen LogP contribution in [0, 0.1) is 12.7 Å². The largest absolute Gasteiger partial charge is 0.298 e. The number of carbonyl (C=O) groups is 1. The van der Waals surface area contributed by atoms with Crippen LogP contribution in [0.2, 0.25) is 5.02 Å². The predicted molar refractivity (Wildman–Crippen MR) is 67.0 cm³/mol. The second-order valence-corrected chi connectivity index (χ2v) is 4.24. The van der Waals surface area contributed by atoms with E-state index in [-0.39, 0.29) is 5.82 Å². The molecule has 2 aromatic carbocycles. The van der Waals surface area contributed by atoms with E-state index in [1.165, 1.54) is 12.1 Å². The summed E-state index contributed by atoms with van der Waals surface area (Å²) in [5.74, 6) is -0.390. The first-order valence-corrected chi connectivity index (χ1v) is 5.51. The molecule has 0 heterocycles. The molecule has 17 heavy (non-hydrogen) atoms. The summed E-state index contributed by atoms with van der Waals surface area (Å²) in [6.45, 7) is 1.93. The third kappa shape index (κ3) is 2.37. The van der Waals surface area contributed by atoms with Crippen molar-refractivity contribution < 1.29 is 9.18 Å². The first-order valence-electron chi connectivity index (χ1n) is 5.13. The highest BCUT2D eigenvalue weighted by Gasteiger charge is 2.09. The van der Waals surface area contributed by atoms with Crippen molar-refractivity contribution in [3.63, 3.8) is 0 Å². The number of halogens is 2. The zero-order valence-corrected chi connectivity index (χ0v) is 9.96. The number of hydrogen-bond acceptors (Lipinski definition) is 1. The van der Waals surface area contributed by atoms with Gasteiger partial charge in [-0.15, -0.1) is 0 Å². The number of aldehydes is 1. The Kier molecular flexibility index (Phi) is 3.25. The predicted octanol–water partition coefficient (Wildman–Crippen LogP) is 4.27. The molecule has 2 aromatic rings. The van der Waals surface area contributed by atoms with Gasteiger partial charge < -0.3 is 0 Å². The summed E-state index contributed by atoms with van der Waals surface area (Å²) < 4.78 is 13.0. The fourth-order valence-corrected chi connectivity index (χ4v) is 1.98. The first-order chi connectivity index (χ1) is 8.11. The maximum atomic E-state index is 13.0. The zero-order chi connectivity index (χ0) is 12.4. The second-order valence-electron chi connectivity index (χ2n) is 3.83. The van der Waals surface area contributed by atoms with E-state index in [1.807, 2.05) is 19.1 Å². The summed E-state index contributed by atoms with van der Waals surface area (Å²) >= 11 is 5.99. The summed E-state index contributed by atoms with van der Waals surface area (Å²) in [4.78, 5) is 11.0. The van der Waals surface area contributed by atoms with Crippen molar-refractivity contribution in [3.8, 4) is 11.1 Å². The van der Waals surface area contributed by atoms with Crippen LogP contribution in [0.1, 0.15) is 15.9 Å². The van der Waals surface area contributed by atoms with Crippen molar-refractivity contribution in [2.24, 2.45) is 0 Å². The molecule has 1 nitrogen and oxygen atoms in total. The molecule has 0 aliphatic rings. The molecule has 3 heteroatoms. The topological polar surface area (TPSA) is 17.1 Å². The number of carbonyl (C=O) groups excluding carboxylic acids is 1. The molecule has 0 atom stereocenters. The minimum absolute atomic E-state index is 0.304. The average molecular weight is 249 g/mol. The van der Waals surface area contributed by atoms with E-state index in [9.17, 15) is 9.18 Å². The Balaban J connectivity index is 2.66. The van der Waals surface area contributed by atoms with E-state index in [1.54, 1.807) is 12.1 Å². The van der Waals surface area contributed by atoms with Gasteiger partial charge >= 0.3 is 0 Å². The van der Waals surface area contributed by atoms with Gasteiger partial charge in [0.15, 0.2) is 6.29 Å². The molecule has 0 aliphatic carbocycles. The molecule has 0 aromatic heterocycles. The SMILES string of the molecule is Cc1ccc(C=O)c(-c2ccc(F)cc2Cl)c1. The smallest absolute Gasteiger partial charge is 0.150 e. The lowest BCUT2D eigenvalue weighted by Gasteiger charge is -2.08. The zero-order valence-electron chi connectivity index (χ0n) is 9.21. The summed E-state index contributed by atoms with van der Waals surface area (Å²) in [7, 11) is 0. The van der Waals surface area contributed by atoms with Crippen LogP contribution >= 0.6 is 11.6 Å². The number of aryl methyl sites for hydroxylation is 1. The molecule has 0 bridgehead atoms. The molecule has 0 radical (unpaired) electrons. The minimum Gasteiger partial charge on any atom is -0.298 e. The Morgan fingerprint density at radius 2 is 1.88 bits per heavy atom. The number of rotatable bonds is 2. The summed E-state index contributed by atoms with van der Waals surface area (Å²) in [5, 5.41) is 0.304. The maximum absolute atomic E-state index is 13.0. The van der Waals surface area contributed by atoms with E-state index in [2.05, 4.69) is 0 Å². The van der Waals surface area contributed by atoms with Gasteiger partial charge in [-0.25, -0.2) is 4.39 Å². The second kappa shape index (κ2) is 4.68. The summed E-state index contributed by atoms with van der Waals surface area (Å²) in [5.41, 5.74) is 2.96. The fourth-order valence-electron chi connectivity index (χ4n) is 1.71. The van der Waals surface area contributed by atoms with E-state index in [4.69, 9.17) is 11.6 Å². The van der Waals surface area contributed by atoms with E-state index < -0.39 is 0 Å². The normalized spacial score (nSPS) is 10.3. The van der Waals surface area contributed by atoms with Gasteiger partial charge in [-0.3, -0.25) is 4.79 Å². The Hall–Kier alpha value is -1.67. The van der Waals surface area contributed by atoms with Gasteiger partial charge in [0.25, 0.3) is 0 Å². The van der Waals surface area contributed by atoms with Gasteiger partial charge in [0, 0.05) is 11.1 Å². The fraction of sp³-hybridized carbons (Fsp3) is 0.0714. The van der Waals surface area contributed by atoms with Crippen LogP contribution in [0.5, 0.6) is 0 Å². The quantitative estimate of drug-likeness (QED) is 0.726. The molecule has 2 rings (SSSR count). The van der Waals surface area contributed by atoms with Gasteiger partial charge in [-0.05, 0) is 30.7 Å². The molecular weight excluding hydrogens is 239 g/mol. The van der Waals surface area contributed by atoms with Crippen LogP contribution in [-0.4, -0.2) is 6.29 Å². The minimum atomic E-state index is -0.390. The Labute approximate surface area is 104 Å². The highest BCUT2D eigenvalue weighted by atomic mass is 35.5. The van der Waals surface area contributed by atoms with Crippen LogP contribution < -0.4 is 0 Å². The van der Waals surface area contributed by atoms with E-state index in [0.717, 1.165) is 17.4 Å². The van der Waals surface area contributed by atoms with Gasteiger partial charge in [0.1, 0.15) is 5.82 Å². The monoisotopic (exact) mass is 248 g/mol. The molecule has 86 valence electrons. The van der Waals surface area contributed by atoms with Gasteiger partial charge in [-0.1, -0.05) is 35.4 Å². The van der Waals surface area contributed by atoms with Gasteiger partial charge in [0.05, 0.1) is 5.02 Å². The highest BCUT2D eigenvalue weighted by Crippen LogP contribution is 2.31. The molecular formula is C14H10ClFO. The Morgan fingerprint density at radius 3 is 2.53 bits per heavy atom. The first kappa shape index (κ1) is 11.8. The Morgan fingerprint density at radius 1 is 1.12 bits per heavy atom. The lowest BCUT2D eigenvalue weighted by Crippen LogP contribution is -1.90. The van der Waals surface area contributed by atoms with Gasteiger partial charge in [0.2, 0.25) is 0 Å². The third-order valence-corrected chi connectivity index (χ3v) is 2.87. The number of hydrogen-bond donors (Lipinski definition) is 0. The molecule has 0 unspecified atom stereocenters. The lowest BCUT2D eigenvalue weighted by atomic mass is 9.98. The lowest BCUT2D eigenvalue weighted by molar-refractivity contribution is 0.112. The summed E-state index contributed by atoms with van der Waals surface area (Å²) in [6, 6.07) is 9.61. The van der Waals surface area contributed by atoms with E-state index >= 15 is 0 Å². The van der Waals surface area contributed by atoms with Crippen molar-refractivity contribution >= 4 is 17.9 Å². The number of benzene rings is 2. The Bertz CT molecular complexity index is 578. The standard InChI is InChI=1S/C14H10ClFO/c1-9-2-3-10(8-17)13(6-9)12-5-4-11(16)7-14(12)15/h2-8H,1H3. The third-order valence-electron chi connectivity index (χ3n) is 2.56. The molecule has 0 saturated carbocycles. The molecule has 0 fully saturated rings. The van der Waals surface area contributed by atoms with Crippen LogP contribution in [0.25, 0.3) is 11.1 Å². The molecule has 0 aliphatic heterocycles. The van der Waals surface area contributed by atoms with Crippen molar-refractivity contribution in [3.05, 3.63) is 58.4 Å². The van der Waals surface area contributed by atoms with E-state index in [0.29, 0.717) is 16.1 Å². The molecule has 0 amide bonds. The van der Waals surface area contributed by atoms with Crippen LogP contribution in [0.3, 0.4) is 0 Å².